The zero-order chi connectivity index (χ0) is 14.0. The third-order valence-corrected chi connectivity index (χ3v) is 5.16. The van der Waals surface area contributed by atoms with E-state index in [-0.39, 0.29) is 4.90 Å². The van der Waals surface area contributed by atoms with E-state index in [1.165, 1.54) is 11.4 Å². The highest BCUT2D eigenvalue weighted by atomic mass is 32.2. The lowest BCUT2D eigenvalue weighted by Crippen LogP contribution is -2.44. The van der Waals surface area contributed by atoms with Crippen molar-refractivity contribution in [2.24, 2.45) is 0 Å². The molecule has 6 heteroatoms. The number of sulfonamides is 1. The molecule has 0 amide bonds. The fraction of sp³-hybridized carbons (Fsp3) is 0.538. The van der Waals surface area contributed by atoms with Gasteiger partial charge in [-0.3, -0.25) is 0 Å². The first-order chi connectivity index (χ1) is 8.96. The summed E-state index contributed by atoms with van der Waals surface area (Å²) in [5, 5.41) is 0. The van der Waals surface area contributed by atoms with Gasteiger partial charge in [-0.2, -0.15) is 4.31 Å². The van der Waals surface area contributed by atoms with Gasteiger partial charge in [0.2, 0.25) is 10.0 Å². The van der Waals surface area contributed by atoms with Gasteiger partial charge < -0.3 is 9.47 Å². The van der Waals surface area contributed by atoms with Crippen molar-refractivity contribution in [3.05, 3.63) is 23.8 Å². The average Bonchev–Trinajstić information content (AvgIpc) is 2.39. The van der Waals surface area contributed by atoms with E-state index < -0.39 is 16.3 Å². The van der Waals surface area contributed by atoms with E-state index in [2.05, 4.69) is 0 Å². The third-order valence-electron chi connectivity index (χ3n) is 3.19. The van der Waals surface area contributed by atoms with Crippen LogP contribution in [0.2, 0.25) is 0 Å². The fourth-order valence-corrected chi connectivity index (χ4v) is 3.98. The molecule has 0 radical (unpaired) electrons. The van der Waals surface area contributed by atoms with Crippen LogP contribution in [0.15, 0.2) is 23.1 Å². The predicted octanol–water partition coefficient (Wildman–Crippen LogP) is 1.76. The zero-order valence-corrected chi connectivity index (χ0v) is 12.2. The minimum absolute atomic E-state index is 0.201. The van der Waals surface area contributed by atoms with Gasteiger partial charge in [-0.25, -0.2) is 8.42 Å². The third kappa shape index (κ3) is 2.75. The molecule has 1 heterocycles. The Balaban J connectivity index is 2.46. The molecule has 0 bridgehead atoms. The summed E-state index contributed by atoms with van der Waals surface area (Å²) in [6, 6.07) is 5.14. The second-order valence-corrected chi connectivity index (χ2v) is 6.45. The van der Waals surface area contributed by atoms with Crippen LogP contribution in [-0.4, -0.2) is 39.2 Å². The van der Waals surface area contributed by atoms with E-state index in [1.54, 1.807) is 19.1 Å². The minimum atomic E-state index is -3.59. The number of aryl methyl sites for hydroxylation is 1. The maximum absolute atomic E-state index is 12.7. The van der Waals surface area contributed by atoms with Gasteiger partial charge in [0.05, 0.1) is 7.11 Å². The largest absolute Gasteiger partial charge is 0.495 e. The first-order valence-electron chi connectivity index (χ1n) is 6.25. The molecule has 1 unspecified atom stereocenters. The minimum Gasteiger partial charge on any atom is -0.495 e. The van der Waals surface area contributed by atoms with Crippen LogP contribution < -0.4 is 4.74 Å². The van der Waals surface area contributed by atoms with Gasteiger partial charge in [-0.15, -0.1) is 0 Å². The summed E-state index contributed by atoms with van der Waals surface area (Å²) in [4.78, 5) is 0.201. The number of methoxy groups -OCH3 is 1. The molecule has 0 spiro atoms. The van der Waals surface area contributed by atoms with Crippen LogP contribution in [0.4, 0.5) is 0 Å². The molecule has 0 saturated carbocycles. The average molecular weight is 285 g/mol. The first kappa shape index (κ1) is 14.3. The van der Waals surface area contributed by atoms with Gasteiger partial charge in [0.15, 0.2) is 0 Å². The highest BCUT2D eigenvalue weighted by Gasteiger charge is 2.33. The number of rotatable bonds is 3. The Labute approximate surface area is 114 Å². The molecule has 1 aliphatic heterocycles. The van der Waals surface area contributed by atoms with Crippen LogP contribution in [0.25, 0.3) is 0 Å². The maximum atomic E-state index is 12.7. The Morgan fingerprint density at radius 3 is 2.79 bits per heavy atom. The number of nitrogens with zero attached hydrogens (tertiary/aromatic N) is 1. The fourth-order valence-electron chi connectivity index (χ4n) is 2.17. The molecule has 0 aliphatic carbocycles. The molecule has 1 atom stereocenters. The Kier molecular flexibility index (Phi) is 4.13. The van der Waals surface area contributed by atoms with E-state index in [0.717, 1.165) is 5.56 Å². The molecule has 1 aliphatic rings. The summed E-state index contributed by atoms with van der Waals surface area (Å²) in [5.74, 6) is 0.364. The summed E-state index contributed by atoms with van der Waals surface area (Å²) in [6.45, 7) is 4.67. The van der Waals surface area contributed by atoms with E-state index in [4.69, 9.17) is 9.47 Å². The molecule has 0 N–H and O–H groups in total. The second kappa shape index (κ2) is 5.48. The van der Waals surface area contributed by atoms with Gasteiger partial charge in [0.1, 0.15) is 16.9 Å². The van der Waals surface area contributed by atoms with Crippen molar-refractivity contribution in [2.45, 2.75) is 31.4 Å². The highest BCUT2D eigenvalue weighted by molar-refractivity contribution is 7.89. The summed E-state index contributed by atoms with van der Waals surface area (Å²) < 4.78 is 37.3. The predicted molar refractivity (Wildman–Crippen MR) is 71.7 cm³/mol. The van der Waals surface area contributed by atoms with Crippen molar-refractivity contribution in [3.8, 4) is 5.75 Å². The SMILES string of the molecule is COc1ccc(C)cc1S(=O)(=O)N1CCCOC1C. The summed E-state index contributed by atoms with van der Waals surface area (Å²) >= 11 is 0. The van der Waals surface area contributed by atoms with Crippen molar-refractivity contribution < 1.29 is 17.9 Å². The van der Waals surface area contributed by atoms with Crippen molar-refractivity contribution >= 4 is 10.0 Å². The summed E-state index contributed by atoms with van der Waals surface area (Å²) in [5.41, 5.74) is 0.880. The van der Waals surface area contributed by atoms with Crippen LogP contribution in [0.5, 0.6) is 5.75 Å². The number of hydrogen-bond donors (Lipinski definition) is 0. The van der Waals surface area contributed by atoms with Crippen molar-refractivity contribution in [1.29, 1.82) is 0 Å². The van der Waals surface area contributed by atoms with E-state index in [0.29, 0.717) is 25.3 Å². The molecule has 106 valence electrons. The molecule has 0 aromatic heterocycles. The van der Waals surface area contributed by atoms with Gasteiger partial charge in [-0.1, -0.05) is 6.07 Å². The zero-order valence-electron chi connectivity index (χ0n) is 11.4. The molecule has 2 rings (SSSR count). The molecule has 1 aromatic carbocycles. The smallest absolute Gasteiger partial charge is 0.248 e. The first-order valence-corrected chi connectivity index (χ1v) is 7.69. The van der Waals surface area contributed by atoms with Crippen molar-refractivity contribution in [3.63, 3.8) is 0 Å². The molecular formula is C13H19NO4S. The van der Waals surface area contributed by atoms with Crippen molar-refractivity contribution in [2.75, 3.05) is 20.3 Å². The van der Waals surface area contributed by atoms with E-state index >= 15 is 0 Å². The lowest BCUT2D eigenvalue weighted by Gasteiger charge is -2.32. The lowest BCUT2D eigenvalue weighted by molar-refractivity contribution is -0.0411. The Morgan fingerprint density at radius 1 is 1.42 bits per heavy atom. The molecular weight excluding hydrogens is 266 g/mol. The van der Waals surface area contributed by atoms with Crippen LogP contribution in [0.3, 0.4) is 0 Å². The number of ether oxygens (including phenoxy) is 2. The number of benzene rings is 1. The standard InChI is InChI=1S/C13H19NO4S/c1-10-5-6-12(17-3)13(9-10)19(15,16)14-7-4-8-18-11(14)2/h5-6,9,11H,4,7-8H2,1-3H3. The maximum Gasteiger partial charge on any atom is 0.248 e. The Hall–Kier alpha value is -1.11. The van der Waals surface area contributed by atoms with Crippen LogP contribution in [0.1, 0.15) is 18.9 Å². The van der Waals surface area contributed by atoms with Gasteiger partial charge >= 0.3 is 0 Å². The molecule has 1 saturated heterocycles. The van der Waals surface area contributed by atoms with Gasteiger partial charge in [-0.05, 0) is 38.0 Å². The second-order valence-electron chi connectivity index (χ2n) is 4.59. The number of hydrogen-bond acceptors (Lipinski definition) is 4. The summed E-state index contributed by atoms with van der Waals surface area (Å²) in [7, 11) is -2.12. The Morgan fingerprint density at radius 2 is 2.16 bits per heavy atom. The van der Waals surface area contributed by atoms with Crippen molar-refractivity contribution in [1.82, 2.24) is 4.31 Å². The topological polar surface area (TPSA) is 55.8 Å². The highest BCUT2D eigenvalue weighted by Crippen LogP contribution is 2.30. The van der Waals surface area contributed by atoms with E-state index in [1.807, 2.05) is 13.0 Å². The van der Waals surface area contributed by atoms with Crippen LogP contribution >= 0.6 is 0 Å². The van der Waals surface area contributed by atoms with Gasteiger partial charge in [0, 0.05) is 13.2 Å². The monoisotopic (exact) mass is 285 g/mol. The quantitative estimate of drug-likeness (QED) is 0.849. The normalized spacial score (nSPS) is 21.3. The molecule has 1 aromatic rings. The van der Waals surface area contributed by atoms with Gasteiger partial charge in [0.25, 0.3) is 0 Å². The van der Waals surface area contributed by atoms with E-state index in [9.17, 15) is 8.42 Å². The lowest BCUT2D eigenvalue weighted by atomic mass is 10.2. The molecule has 5 nitrogen and oxygen atoms in total. The summed E-state index contributed by atoms with van der Waals surface area (Å²) in [6.07, 6.45) is 0.265. The molecule has 1 fully saturated rings. The van der Waals surface area contributed by atoms with Crippen LogP contribution in [0, 0.1) is 6.92 Å². The Bertz CT molecular complexity index is 556. The van der Waals surface area contributed by atoms with Crippen LogP contribution in [-0.2, 0) is 14.8 Å². The molecule has 19 heavy (non-hydrogen) atoms.